The lowest BCUT2D eigenvalue weighted by atomic mass is 9.83. The quantitative estimate of drug-likeness (QED) is 0.495. The lowest BCUT2D eigenvalue weighted by Crippen LogP contribution is -2.16. The molecule has 0 aromatic carbocycles. The fourth-order valence-corrected chi connectivity index (χ4v) is 1.82. The molecule has 1 atom stereocenters. The molecule has 1 saturated carbocycles. The topological polar surface area (TPSA) is 26.3 Å². The fourth-order valence-electron chi connectivity index (χ4n) is 1.82. The maximum absolute atomic E-state index is 11.2. The molecule has 0 N–H and O–H groups in total. The number of esters is 1. The van der Waals surface area contributed by atoms with Crippen molar-refractivity contribution in [3.8, 4) is 0 Å². The first-order valence-corrected chi connectivity index (χ1v) is 5.07. The minimum Gasteiger partial charge on any atom is -0.466 e. The second-order valence-electron chi connectivity index (χ2n) is 3.61. The lowest BCUT2D eigenvalue weighted by Gasteiger charge is -2.23. The van der Waals surface area contributed by atoms with Gasteiger partial charge in [-0.15, -0.1) is 0 Å². The van der Waals surface area contributed by atoms with Crippen molar-refractivity contribution in [2.24, 2.45) is 5.92 Å². The molecule has 2 nitrogen and oxygen atoms in total. The van der Waals surface area contributed by atoms with Gasteiger partial charge in [-0.3, -0.25) is 4.79 Å². The summed E-state index contributed by atoms with van der Waals surface area (Å²) in [4.78, 5) is 11.2. The largest absolute Gasteiger partial charge is 0.466 e. The van der Waals surface area contributed by atoms with Crippen LogP contribution in [-0.2, 0) is 9.53 Å². The number of carbonyl (C=O) groups is 1. The Morgan fingerprint density at radius 2 is 2.38 bits per heavy atom. The van der Waals surface area contributed by atoms with Gasteiger partial charge in [0.05, 0.1) is 13.0 Å². The number of rotatable bonds is 3. The molecule has 0 heterocycles. The number of carbonyl (C=O) groups excluding carboxylic acids is 1. The standard InChI is InChI=1S/C11H18O2/c1-3-13-11(12)8-10-7-5-4-6-9(10)2/h10H,2-8H2,1H3/t10-/m0/s1. The average molecular weight is 182 g/mol. The van der Waals surface area contributed by atoms with Crippen LogP contribution in [-0.4, -0.2) is 12.6 Å². The Labute approximate surface area is 80.0 Å². The van der Waals surface area contributed by atoms with Gasteiger partial charge in [-0.05, 0) is 32.1 Å². The third-order valence-electron chi connectivity index (χ3n) is 2.60. The van der Waals surface area contributed by atoms with Gasteiger partial charge in [-0.1, -0.05) is 18.6 Å². The molecule has 0 radical (unpaired) electrons. The van der Waals surface area contributed by atoms with E-state index in [9.17, 15) is 4.79 Å². The zero-order chi connectivity index (χ0) is 9.68. The van der Waals surface area contributed by atoms with Crippen LogP contribution in [0.15, 0.2) is 12.2 Å². The summed E-state index contributed by atoms with van der Waals surface area (Å²) in [7, 11) is 0. The van der Waals surface area contributed by atoms with Crippen molar-refractivity contribution >= 4 is 5.97 Å². The highest BCUT2D eigenvalue weighted by molar-refractivity contribution is 5.70. The predicted molar refractivity (Wildman–Crippen MR) is 52.3 cm³/mol. The van der Waals surface area contributed by atoms with Gasteiger partial charge in [0.1, 0.15) is 0 Å². The van der Waals surface area contributed by atoms with Crippen molar-refractivity contribution in [2.75, 3.05) is 6.61 Å². The molecule has 0 unspecified atom stereocenters. The van der Waals surface area contributed by atoms with Crippen molar-refractivity contribution in [3.05, 3.63) is 12.2 Å². The highest BCUT2D eigenvalue weighted by atomic mass is 16.5. The Bertz CT molecular complexity index is 196. The molecule has 0 aromatic heterocycles. The number of hydrogen-bond acceptors (Lipinski definition) is 2. The first-order chi connectivity index (χ1) is 6.24. The summed E-state index contributed by atoms with van der Waals surface area (Å²) >= 11 is 0. The van der Waals surface area contributed by atoms with E-state index < -0.39 is 0 Å². The van der Waals surface area contributed by atoms with Gasteiger partial charge in [0.15, 0.2) is 0 Å². The van der Waals surface area contributed by atoms with E-state index in [0.29, 0.717) is 18.9 Å². The van der Waals surface area contributed by atoms with E-state index in [1.807, 2.05) is 6.92 Å². The summed E-state index contributed by atoms with van der Waals surface area (Å²) in [5.41, 5.74) is 1.24. The minimum absolute atomic E-state index is 0.0736. The first-order valence-electron chi connectivity index (χ1n) is 5.07. The third-order valence-corrected chi connectivity index (χ3v) is 2.60. The molecular weight excluding hydrogens is 164 g/mol. The number of allylic oxidation sites excluding steroid dienone is 1. The second kappa shape index (κ2) is 5.05. The third kappa shape index (κ3) is 3.21. The summed E-state index contributed by atoms with van der Waals surface area (Å²) < 4.78 is 4.91. The molecule has 0 aliphatic heterocycles. The van der Waals surface area contributed by atoms with Crippen molar-refractivity contribution < 1.29 is 9.53 Å². The van der Waals surface area contributed by atoms with Crippen LogP contribution in [0, 0.1) is 5.92 Å². The molecule has 74 valence electrons. The first kappa shape index (κ1) is 10.3. The Morgan fingerprint density at radius 1 is 1.62 bits per heavy atom. The van der Waals surface area contributed by atoms with Crippen LogP contribution in [0.4, 0.5) is 0 Å². The van der Waals surface area contributed by atoms with Crippen LogP contribution in [0.3, 0.4) is 0 Å². The normalized spacial score (nSPS) is 22.8. The monoisotopic (exact) mass is 182 g/mol. The van der Waals surface area contributed by atoms with Crippen LogP contribution in [0.25, 0.3) is 0 Å². The van der Waals surface area contributed by atoms with Gasteiger partial charge in [0, 0.05) is 0 Å². The van der Waals surface area contributed by atoms with Gasteiger partial charge in [-0.2, -0.15) is 0 Å². The highest BCUT2D eigenvalue weighted by Crippen LogP contribution is 2.30. The molecule has 1 aliphatic carbocycles. The molecular formula is C11H18O2. The van der Waals surface area contributed by atoms with Crippen molar-refractivity contribution in [3.63, 3.8) is 0 Å². The van der Waals surface area contributed by atoms with Gasteiger partial charge in [0.2, 0.25) is 0 Å². The smallest absolute Gasteiger partial charge is 0.306 e. The van der Waals surface area contributed by atoms with Gasteiger partial charge < -0.3 is 4.74 Å². The van der Waals surface area contributed by atoms with E-state index in [2.05, 4.69) is 6.58 Å². The highest BCUT2D eigenvalue weighted by Gasteiger charge is 2.20. The summed E-state index contributed by atoms with van der Waals surface area (Å²) in [6.45, 7) is 6.33. The summed E-state index contributed by atoms with van der Waals surface area (Å²) in [5.74, 6) is 0.309. The number of hydrogen-bond donors (Lipinski definition) is 0. The molecule has 0 aromatic rings. The predicted octanol–water partition coefficient (Wildman–Crippen LogP) is 2.69. The molecule has 2 heteroatoms. The Hall–Kier alpha value is -0.790. The Morgan fingerprint density at radius 3 is 3.00 bits per heavy atom. The molecule has 1 aliphatic rings. The molecule has 0 bridgehead atoms. The fraction of sp³-hybridized carbons (Fsp3) is 0.727. The van der Waals surface area contributed by atoms with Gasteiger partial charge >= 0.3 is 5.97 Å². The zero-order valence-corrected chi connectivity index (χ0v) is 8.34. The van der Waals surface area contributed by atoms with Crippen LogP contribution < -0.4 is 0 Å². The van der Waals surface area contributed by atoms with Crippen LogP contribution >= 0.6 is 0 Å². The van der Waals surface area contributed by atoms with E-state index in [4.69, 9.17) is 4.74 Å². The molecule has 1 fully saturated rings. The molecule has 0 spiro atoms. The number of ether oxygens (including phenoxy) is 1. The van der Waals surface area contributed by atoms with E-state index in [1.165, 1.54) is 18.4 Å². The summed E-state index contributed by atoms with van der Waals surface area (Å²) in [6, 6.07) is 0. The zero-order valence-electron chi connectivity index (χ0n) is 8.34. The van der Waals surface area contributed by atoms with Crippen LogP contribution in [0.5, 0.6) is 0 Å². The lowest BCUT2D eigenvalue weighted by molar-refractivity contribution is -0.144. The van der Waals surface area contributed by atoms with Crippen molar-refractivity contribution in [1.29, 1.82) is 0 Å². The maximum Gasteiger partial charge on any atom is 0.306 e. The molecule has 0 amide bonds. The minimum atomic E-state index is -0.0736. The van der Waals surface area contributed by atoms with Gasteiger partial charge in [-0.25, -0.2) is 0 Å². The Balaban J connectivity index is 2.33. The van der Waals surface area contributed by atoms with Crippen LogP contribution in [0.2, 0.25) is 0 Å². The SMILES string of the molecule is C=C1CCCC[C@H]1CC(=O)OCC. The van der Waals surface area contributed by atoms with E-state index in [0.717, 1.165) is 12.8 Å². The second-order valence-corrected chi connectivity index (χ2v) is 3.61. The van der Waals surface area contributed by atoms with E-state index in [1.54, 1.807) is 0 Å². The molecule has 0 saturated heterocycles. The summed E-state index contributed by atoms with van der Waals surface area (Å²) in [6.07, 6.45) is 5.19. The van der Waals surface area contributed by atoms with Crippen molar-refractivity contribution in [1.82, 2.24) is 0 Å². The molecule has 1 rings (SSSR count). The maximum atomic E-state index is 11.2. The molecule has 13 heavy (non-hydrogen) atoms. The average Bonchev–Trinajstić information content (AvgIpc) is 2.09. The van der Waals surface area contributed by atoms with Crippen LogP contribution in [0.1, 0.15) is 39.0 Å². The van der Waals surface area contributed by atoms with E-state index >= 15 is 0 Å². The van der Waals surface area contributed by atoms with Gasteiger partial charge in [0.25, 0.3) is 0 Å². The Kier molecular flexibility index (Phi) is 4.00. The van der Waals surface area contributed by atoms with Crippen molar-refractivity contribution in [2.45, 2.75) is 39.0 Å². The van der Waals surface area contributed by atoms with E-state index in [-0.39, 0.29) is 5.97 Å². The summed E-state index contributed by atoms with van der Waals surface area (Å²) in [5, 5.41) is 0.